The van der Waals surface area contributed by atoms with Crippen molar-refractivity contribution in [1.82, 2.24) is 10.2 Å². The van der Waals surface area contributed by atoms with Crippen molar-refractivity contribution in [2.45, 2.75) is 25.8 Å². The Hall–Kier alpha value is -2.82. The Kier molecular flexibility index (Phi) is 5.79. The molecule has 3 rings (SSSR count). The predicted molar refractivity (Wildman–Crippen MR) is 108 cm³/mol. The number of rotatable bonds is 4. The summed E-state index contributed by atoms with van der Waals surface area (Å²) in [5.41, 5.74) is 3.55. The molecule has 27 heavy (non-hydrogen) atoms. The van der Waals surface area contributed by atoms with E-state index in [0.29, 0.717) is 24.2 Å². The van der Waals surface area contributed by atoms with E-state index in [0.717, 1.165) is 24.1 Å². The Morgan fingerprint density at radius 3 is 2.26 bits per heavy atom. The lowest BCUT2D eigenvalue weighted by molar-refractivity contribution is 0.0698. The Morgan fingerprint density at radius 2 is 1.67 bits per heavy atom. The molecule has 0 saturated carbocycles. The molecule has 5 heteroatoms. The fraction of sp³-hybridized carbons (Fsp3) is 0.364. The largest absolute Gasteiger partial charge is 0.378 e. The van der Waals surface area contributed by atoms with Gasteiger partial charge in [-0.25, -0.2) is 0 Å². The zero-order chi connectivity index (χ0) is 19.4. The number of piperidine rings is 1. The lowest BCUT2D eigenvalue weighted by Crippen LogP contribution is -2.46. The van der Waals surface area contributed by atoms with E-state index in [9.17, 15) is 9.59 Å². The number of nitrogens with zero attached hydrogens (tertiary/aromatic N) is 2. The van der Waals surface area contributed by atoms with E-state index in [2.05, 4.69) is 5.32 Å². The van der Waals surface area contributed by atoms with E-state index in [1.54, 1.807) is 0 Å². The first kappa shape index (κ1) is 19.0. The number of carbonyl (C=O) groups excluding carboxylic acids is 2. The Bertz CT molecular complexity index is 807. The molecular weight excluding hydrogens is 338 g/mol. The van der Waals surface area contributed by atoms with E-state index in [4.69, 9.17) is 0 Å². The maximum atomic E-state index is 12.7. The van der Waals surface area contributed by atoms with E-state index in [-0.39, 0.29) is 17.9 Å². The zero-order valence-corrected chi connectivity index (χ0v) is 16.2. The van der Waals surface area contributed by atoms with Crippen LogP contribution in [0.2, 0.25) is 0 Å². The second kappa shape index (κ2) is 8.25. The van der Waals surface area contributed by atoms with Gasteiger partial charge >= 0.3 is 0 Å². The minimum atomic E-state index is -0.0391. The van der Waals surface area contributed by atoms with Crippen molar-refractivity contribution >= 4 is 17.5 Å². The number of nitrogens with one attached hydrogen (secondary N) is 1. The van der Waals surface area contributed by atoms with Gasteiger partial charge in [-0.15, -0.1) is 0 Å². The number of carbonyl (C=O) groups is 2. The van der Waals surface area contributed by atoms with Crippen LogP contribution in [0.1, 0.15) is 39.1 Å². The van der Waals surface area contributed by atoms with Crippen LogP contribution in [0, 0.1) is 6.92 Å². The van der Waals surface area contributed by atoms with E-state index < -0.39 is 0 Å². The van der Waals surface area contributed by atoms with Gasteiger partial charge in [0, 0.05) is 50.0 Å². The second-order valence-corrected chi connectivity index (χ2v) is 7.35. The smallest absolute Gasteiger partial charge is 0.253 e. The SMILES string of the molecule is Cc1cccc(C(=O)NC2CCN(C(=O)c3ccc(N(C)C)cc3)CC2)c1. The third-order valence-corrected chi connectivity index (χ3v) is 5.03. The highest BCUT2D eigenvalue weighted by Crippen LogP contribution is 2.17. The van der Waals surface area contributed by atoms with Crippen LogP contribution in [0.15, 0.2) is 48.5 Å². The van der Waals surface area contributed by atoms with E-state index >= 15 is 0 Å². The van der Waals surface area contributed by atoms with E-state index in [1.165, 1.54) is 0 Å². The molecule has 0 aromatic heterocycles. The molecule has 1 N–H and O–H groups in total. The van der Waals surface area contributed by atoms with Gasteiger partial charge in [-0.3, -0.25) is 9.59 Å². The normalized spacial score (nSPS) is 14.7. The fourth-order valence-electron chi connectivity index (χ4n) is 3.37. The monoisotopic (exact) mass is 365 g/mol. The maximum absolute atomic E-state index is 12.7. The number of amides is 2. The van der Waals surface area contributed by atoms with Gasteiger partial charge in [0.05, 0.1) is 0 Å². The molecule has 5 nitrogen and oxygen atoms in total. The van der Waals surface area contributed by atoms with Gasteiger partial charge in [-0.2, -0.15) is 0 Å². The summed E-state index contributed by atoms with van der Waals surface area (Å²) in [5.74, 6) is 0.0199. The standard InChI is InChI=1S/C22H27N3O2/c1-16-5-4-6-18(15-16)21(26)23-19-11-13-25(14-12-19)22(27)17-7-9-20(10-8-17)24(2)3/h4-10,15,19H,11-14H2,1-3H3,(H,23,26). The van der Waals surface area contributed by atoms with Crippen molar-refractivity contribution < 1.29 is 9.59 Å². The van der Waals surface area contributed by atoms with Gasteiger partial charge in [0.15, 0.2) is 0 Å². The average molecular weight is 365 g/mol. The van der Waals surface area contributed by atoms with Gasteiger partial charge in [0.1, 0.15) is 0 Å². The van der Waals surface area contributed by atoms with Crippen LogP contribution in [0.4, 0.5) is 5.69 Å². The first-order chi connectivity index (χ1) is 12.9. The zero-order valence-electron chi connectivity index (χ0n) is 16.2. The van der Waals surface area contributed by atoms with Crippen LogP contribution < -0.4 is 10.2 Å². The molecule has 0 aliphatic carbocycles. The molecule has 1 fully saturated rings. The van der Waals surface area contributed by atoms with Crippen molar-refractivity contribution in [2.24, 2.45) is 0 Å². The number of benzene rings is 2. The van der Waals surface area contributed by atoms with Crippen LogP contribution in [0.3, 0.4) is 0 Å². The fourth-order valence-corrected chi connectivity index (χ4v) is 3.37. The van der Waals surface area contributed by atoms with Crippen molar-refractivity contribution in [1.29, 1.82) is 0 Å². The first-order valence-electron chi connectivity index (χ1n) is 9.38. The summed E-state index contributed by atoms with van der Waals surface area (Å²) in [7, 11) is 3.96. The minimum absolute atomic E-state index is 0.0391. The Labute approximate surface area is 161 Å². The Morgan fingerprint density at radius 1 is 1.00 bits per heavy atom. The molecule has 142 valence electrons. The van der Waals surface area contributed by atoms with Crippen LogP contribution in [-0.4, -0.2) is 49.9 Å². The highest BCUT2D eigenvalue weighted by atomic mass is 16.2. The van der Waals surface area contributed by atoms with Crippen LogP contribution in [0.25, 0.3) is 0 Å². The van der Waals surface area contributed by atoms with Crippen LogP contribution in [0.5, 0.6) is 0 Å². The molecule has 1 saturated heterocycles. The Balaban J connectivity index is 1.53. The average Bonchev–Trinajstić information content (AvgIpc) is 2.68. The molecule has 2 amide bonds. The summed E-state index contributed by atoms with van der Waals surface area (Å²) in [5, 5.41) is 3.10. The van der Waals surface area contributed by atoms with Crippen molar-refractivity contribution in [3.63, 3.8) is 0 Å². The van der Waals surface area contributed by atoms with Crippen molar-refractivity contribution in [3.8, 4) is 0 Å². The van der Waals surface area contributed by atoms with Gasteiger partial charge in [-0.1, -0.05) is 17.7 Å². The number of anilines is 1. The van der Waals surface area contributed by atoms with Crippen molar-refractivity contribution in [2.75, 3.05) is 32.1 Å². The molecule has 1 aliphatic rings. The summed E-state index contributed by atoms with van der Waals surface area (Å²) >= 11 is 0. The molecular formula is C22H27N3O2. The summed E-state index contributed by atoms with van der Waals surface area (Å²) in [6.07, 6.45) is 1.55. The van der Waals surface area contributed by atoms with Crippen LogP contribution in [-0.2, 0) is 0 Å². The predicted octanol–water partition coefficient (Wildman–Crippen LogP) is 3.10. The molecule has 1 aliphatic heterocycles. The van der Waals surface area contributed by atoms with Gasteiger partial charge in [0.2, 0.25) is 0 Å². The van der Waals surface area contributed by atoms with Crippen molar-refractivity contribution in [3.05, 3.63) is 65.2 Å². The maximum Gasteiger partial charge on any atom is 0.253 e. The lowest BCUT2D eigenvalue weighted by atomic mass is 10.0. The van der Waals surface area contributed by atoms with Gasteiger partial charge in [0.25, 0.3) is 11.8 Å². The molecule has 0 bridgehead atoms. The molecule has 2 aromatic rings. The minimum Gasteiger partial charge on any atom is -0.378 e. The topological polar surface area (TPSA) is 52.7 Å². The molecule has 0 spiro atoms. The van der Waals surface area contributed by atoms with Crippen LogP contribution >= 0.6 is 0 Å². The van der Waals surface area contributed by atoms with Gasteiger partial charge < -0.3 is 15.1 Å². The summed E-state index contributed by atoms with van der Waals surface area (Å²) in [6.45, 7) is 3.30. The molecule has 0 radical (unpaired) electrons. The first-order valence-corrected chi connectivity index (χ1v) is 9.38. The quantitative estimate of drug-likeness (QED) is 0.906. The second-order valence-electron chi connectivity index (χ2n) is 7.35. The number of aryl methyl sites for hydroxylation is 1. The highest BCUT2D eigenvalue weighted by Gasteiger charge is 2.25. The molecule has 1 heterocycles. The third-order valence-electron chi connectivity index (χ3n) is 5.03. The number of likely N-dealkylation sites (tertiary alicyclic amines) is 1. The molecule has 2 aromatic carbocycles. The van der Waals surface area contributed by atoms with E-state index in [1.807, 2.05) is 79.3 Å². The van der Waals surface area contributed by atoms with Gasteiger partial charge in [-0.05, 0) is 56.2 Å². The summed E-state index contributed by atoms with van der Waals surface area (Å²) in [6, 6.07) is 15.4. The number of hydrogen-bond donors (Lipinski definition) is 1. The summed E-state index contributed by atoms with van der Waals surface area (Å²) in [4.78, 5) is 29.0. The summed E-state index contributed by atoms with van der Waals surface area (Å²) < 4.78 is 0. The third kappa shape index (κ3) is 4.67. The molecule has 0 atom stereocenters. The lowest BCUT2D eigenvalue weighted by Gasteiger charge is -2.32. The number of hydrogen-bond acceptors (Lipinski definition) is 3. The highest BCUT2D eigenvalue weighted by molar-refractivity contribution is 5.95. The molecule has 0 unspecified atom stereocenters.